The van der Waals surface area contributed by atoms with Gasteiger partial charge in [-0.15, -0.1) is 0 Å². The predicted octanol–water partition coefficient (Wildman–Crippen LogP) is 1.60. The van der Waals surface area contributed by atoms with Gasteiger partial charge in [0.15, 0.2) is 5.69 Å². The average molecular weight is 400 g/mol. The van der Waals surface area contributed by atoms with Crippen molar-refractivity contribution in [1.82, 2.24) is 4.57 Å². The van der Waals surface area contributed by atoms with Crippen LogP contribution in [0.25, 0.3) is 16.9 Å². The molecule has 4 aromatic rings. The predicted molar refractivity (Wildman–Crippen MR) is 93.6 cm³/mol. The second-order valence-electron chi connectivity index (χ2n) is 5.56. The monoisotopic (exact) mass is 398 g/mol. The van der Waals surface area contributed by atoms with Crippen LogP contribution in [0.15, 0.2) is 85.2 Å². The Morgan fingerprint density at radius 3 is 2.29 bits per heavy atom. The van der Waals surface area contributed by atoms with Gasteiger partial charge in [0.2, 0.25) is 0 Å². The Labute approximate surface area is 156 Å². The molecule has 2 aromatic carbocycles. The van der Waals surface area contributed by atoms with E-state index in [1.165, 1.54) is 16.9 Å². The molecule has 0 unspecified atom stereocenters. The normalized spacial score (nSPS) is 10.5. The first-order chi connectivity index (χ1) is 11.3. The lowest BCUT2D eigenvalue weighted by atomic mass is 10.1. The Morgan fingerprint density at radius 2 is 1.54 bits per heavy atom. The fourth-order valence-electron chi connectivity index (χ4n) is 2.89. The number of aromatic nitrogens is 2. The number of fused-ring (bicyclic) bond motifs is 1. The van der Waals surface area contributed by atoms with Gasteiger partial charge in [0.1, 0.15) is 12.7 Å². The lowest BCUT2D eigenvalue weighted by molar-refractivity contribution is -0.510. The van der Waals surface area contributed by atoms with Gasteiger partial charge in [-0.05, 0) is 35.9 Å². The van der Waals surface area contributed by atoms with Crippen molar-refractivity contribution in [3.8, 4) is 11.3 Å². The van der Waals surface area contributed by atoms with Crippen LogP contribution >= 0.6 is 11.6 Å². The summed E-state index contributed by atoms with van der Waals surface area (Å²) in [4.78, 5) is 0. The summed E-state index contributed by atoms with van der Waals surface area (Å²) in [5, 5.41) is 0.757. The van der Waals surface area contributed by atoms with Crippen LogP contribution in [-0.4, -0.2) is 4.57 Å². The summed E-state index contributed by atoms with van der Waals surface area (Å²) in [6, 6.07) is 24.8. The smallest absolute Gasteiger partial charge is 0.286 e. The van der Waals surface area contributed by atoms with Crippen LogP contribution in [0.4, 0.5) is 0 Å². The molecule has 0 saturated carbocycles. The summed E-state index contributed by atoms with van der Waals surface area (Å²) in [5.41, 5.74) is 4.79. The minimum atomic E-state index is 0. The van der Waals surface area contributed by atoms with Crippen LogP contribution in [0.2, 0.25) is 5.02 Å². The van der Waals surface area contributed by atoms with E-state index < -0.39 is 0 Å². The van der Waals surface area contributed by atoms with Crippen LogP contribution in [0, 0.1) is 0 Å². The average Bonchev–Trinajstić information content (AvgIpc) is 2.95. The van der Waals surface area contributed by atoms with Crippen molar-refractivity contribution in [2.75, 3.05) is 0 Å². The molecule has 0 atom stereocenters. The van der Waals surface area contributed by atoms with Crippen LogP contribution < -0.4 is 21.4 Å². The molecular formula is C20H16BrClN2. The van der Waals surface area contributed by atoms with Crippen molar-refractivity contribution >= 4 is 17.2 Å². The topological polar surface area (TPSA) is 9.03 Å². The maximum Gasteiger partial charge on any atom is 0.286 e. The fourth-order valence-corrected chi connectivity index (χ4v) is 3.02. The zero-order chi connectivity index (χ0) is 15.6. The van der Waals surface area contributed by atoms with Gasteiger partial charge in [0.05, 0.1) is 6.20 Å². The van der Waals surface area contributed by atoms with E-state index in [4.69, 9.17) is 11.6 Å². The van der Waals surface area contributed by atoms with Crippen molar-refractivity contribution < 1.29 is 21.4 Å². The minimum absolute atomic E-state index is 0. The quantitative estimate of drug-likeness (QED) is 0.463. The third-order valence-corrected chi connectivity index (χ3v) is 4.27. The number of halogens is 2. The zero-order valence-corrected chi connectivity index (χ0v) is 15.3. The molecule has 0 fully saturated rings. The van der Waals surface area contributed by atoms with Gasteiger partial charge < -0.3 is 17.0 Å². The van der Waals surface area contributed by atoms with Gasteiger partial charge in [0, 0.05) is 16.7 Å². The maximum atomic E-state index is 6.04. The second kappa shape index (κ2) is 7.20. The molecule has 0 bridgehead atoms. The van der Waals surface area contributed by atoms with Gasteiger partial charge >= 0.3 is 0 Å². The van der Waals surface area contributed by atoms with Crippen LogP contribution in [0.5, 0.6) is 0 Å². The summed E-state index contributed by atoms with van der Waals surface area (Å²) >= 11 is 6.04. The van der Waals surface area contributed by atoms with Crippen molar-refractivity contribution in [3.05, 3.63) is 95.8 Å². The van der Waals surface area contributed by atoms with Crippen LogP contribution in [0.3, 0.4) is 0 Å². The third-order valence-electron chi connectivity index (χ3n) is 4.02. The Balaban J connectivity index is 0.00000169. The molecule has 4 heteroatoms. The molecule has 24 heavy (non-hydrogen) atoms. The van der Waals surface area contributed by atoms with E-state index in [2.05, 4.69) is 69.9 Å². The molecule has 120 valence electrons. The van der Waals surface area contributed by atoms with Crippen molar-refractivity contribution in [2.24, 2.45) is 0 Å². The maximum absolute atomic E-state index is 6.04. The highest BCUT2D eigenvalue weighted by atomic mass is 79.9. The molecule has 0 aliphatic rings. The van der Waals surface area contributed by atoms with E-state index in [0.29, 0.717) is 0 Å². The van der Waals surface area contributed by atoms with E-state index >= 15 is 0 Å². The highest BCUT2D eigenvalue weighted by Crippen LogP contribution is 2.23. The van der Waals surface area contributed by atoms with Gasteiger partial charge in [-0.2, -0.15) is 0 Å². The summed E-state index contributed by atoms with van der Waals surface area (Å²) in [6.45, 7) is 0.833. The molecule has 2 aromatic heterocycles. The second-order valence-corrected chi connectivity index (χ2v) is 6.00. The van der Waals surface area contributed by atoms with Gasteiger partial charge in [-0.3, -0.25) is 0 Å². The summed E-state index contributed by atoms with van der Waals surface area (Å²) in [5.74, 6) is 0. The molecule has 0 amide bonds. The molecule has 0 aliphatic heterocycles. The third kappa shape index (κ3) is 3.23. The summed E-state index contributed by atoms with van der Waals surface area (Å²) < 4.78 is 4.49. The number of pyridine rings is 1. The molecule has 4 rings (SSSR count). The number of hydrogen-bond acceptors (Lipinski definition) is 0. The number of benzene rings is 2. The standard InChI is InChI=1S/C20H16ClN2.BrH/c21-18-11-9-17(10-12-18)19-15-22-13-5-4-8-20(22)23(19)14-16-6-2-1-3-7-16;/h1-13,15H,14H2;1H/q+1;/p-1. The molecule has 0 N–H and O–H groups in total. The first kappa shape index (κ1) is 16.7. The first-order valence-corrected chi connectivity index (χ1v) is 7.98. The Bertz CT molecular complexity index is 946. The number of rotatable bonds is 3. The van der Waals surface area contributed by atoms with Gasteiger partial charge in [0.25, 0.3) is 5.65 Å². The zero-order valence-electron chi connectivity index (χ0n) is 12.9. The molecule has 0 spiro atoms. The SMILES string of the molecule is Clc1ccc(-c2c[n+]3ccccc3n2Cc2ccccc2)cc1.[Br-]. The Morgan fingerprint density at radius 1 is 0.833 bits per heavy atom. The molecule has 2 heterocycles. The van der Waals surface area contributed by atoms with E-state index in [-0.39, 0.29) is 17.0 Å². The van der Waals surface area contributed by atoms with Crippen molar-refractivity contribution in [3.63, 3.8) is 0 Å². The first-order valence-electron chi connectivity index (χ1n) is 7.61. The fraction of sp³-hybridized carbons (Fsp3) is 0.0500. The Hall–Kier alpha value is -2.10. The summed E-state index contributed by atoms with van der Waals surface area (Å²) in [6.07, 6.45) is 4.25. The van der Waals surface area contributed by atoms with Crippen LogP contribution in [0.1, 0.15) is 5.56 Å². The van der Waals surface area contributed by atoms with E-state index in [1.54, 1.807) is 0 Å². The minimum Gasteiger partial charge on any atom is -1.00 e. The van der Waals surface area contributed by atoms with Gasteiger partial charge in [-0.25, -0.2) is 8.97 Å². The number of hydrogen-bond donors (Lipinski definition) is 0. The molecular weight excluding hydrogens is 384 g/mol. The molecule has 0 radical (unpaired) electrons. The lowest BCUT2D eigenvalue weighted by Gasteiger charge is -2.04. The van der Waals surface area contributed by atoms with Gasteiger partial charge in [-0.1, -0.05) is 48.0 Å². The van der Waals surface area contributed by atoms with Crippen LogP contribution in [-0.2, 0) is 6.54 Å². The highest BCUT2D eigenvalue weighted by molar-refractivity contribution is 6.30. The largest absolute Gasteiger partial charge is 1.00 e. The molecule has 0 aliphatic carbocycles. The summed E-state index contributed by atoms with van der Waals surface area (Å²) in [7, 11) is 0. The highest BCUT2D eigenvalue weighted by Gasteiger charge is 2.18. The molecule has 2 nitrogen and oxygen atoms in total. The van der Waals surface area contributed by atoms with E-state index in [9.17, 15) is 0 Å². The number of nitrogens with zero attached hydrogens (tertiary/aromatic N) is 2. The lowest BCUT2D eigenvalue weighted by Crippen LogP contribution is -3.00. The van der Waals surface area contributed by atoms with E-state index in [0.717, 1.165) is 17.1 Å². The van der Waals surface area contributed by atoms with Crippen molar-refractivity contribution in [1.29, 1.82) is 0 Å². The van der Waals surface area contributed by atoms with Crippen molar-refractivity contribution in [2.45, 2.75) is 6.54 Å². The van der Waals surface area contributed by atoms with E-state index in [1.807, 2.05) is 24.3 Å². The molecule has 0 saturated heterocycles. The number of imidazole rings is 1. The Kier molecular flexibility index (Phi) is 5.03.